The Hall–Kier alpha value is -2.07. The third-order valence-corrected chi connectivity index (χ3v) is 3.99. The number of anilines is 1. The van der Waals surface area contributed by atoms with Crippen molar-refractivity contribution in [3.8, 4) is 0 Å². The number of hydrogen-bond acceptors (Lipinski definition) is 3. The lowest BCUT2D eigenvalue weighted by Gasteiger charge is -2.08. The van der Waals surface area contributed by atoms with Gasteiger partial charge in [-0.25, -0.2) is 0 Å². The lowest BCUT2D eigenvalue weighted by atomic mass is 10.1. The standard InChI is InChI=1S/C16H15ClN2O2/c17-15-8-7-14(9-16(15)19(20)21)18-10-11-1-3-12(4-2-11)13-5-6-13/h1-4,7-9,13,18H,5-6,10H2. The van der Waals surface area contributed by atoms with Crippen molar-refractivity contribution in [2.24, 2.45) is 0 Å². The third-order valence-electron chi connectivity index (χ3n) is 3.67. The zero-order valence-corrected chi connectivity index (χ0v) is 12.1. The summed E-state index contributed by atoms with van der Waals surface area (Å²) in [6.07, 6.45) is 2.60. The number of nitrogens with one attached hydrogen (secondary N) is 1. The largest absolute Gasteiger partial charge is 0.381 e. The van der Waals surface area contributed by atoms with E-state index in [0.29, 0.717) is 12.2 Å². The summed E-state index contributed by atoms with van der Waals surface area (Å²) in [6, 6.07) is 13.3. The molecule has 0 aromatic heterocycles. The van der Waals surface area contributed by atoms with Crippen LogP contribution < -0.4 is 5.32 Å². The molecule has 0 saturated heterocycles. The zero-order valence-electron chi connectivity index (χ0n) is 11.4. The molecule has 0 heterocycles. The number of nitrogens with zero attached hydrogens (tertiary/aromatic N) is 1. The second-order valence-corrected chi connectivity index (χ2v) is 5.70. The van der Waals surface area contributed by atoms with Gasteiger partial charge in [-0.1, -0.05) is 35.9 Å². The SMILES string of the molecule is O=[N+]([O-])c1cc(NCc2ccc(C3CC3)cc2)ccc1Cl. The molecule has 0 unspecified atom stereocenters. The molecule has 108 valence electrons. The van der Waals surface area contributed by atoms with Crippen LogP contribution in [0.25, 0.3) is 0 Å². The van der Waals surface area contributed by atoms with Crippen LogP contribution in [0.5, 0.6) is 0 Å². The Morgan fingerprint density at radius 2 is 1.90 bits per heavy atom. The molecule has 1 saturated carbocycles. The molecule has 0 radical (unpaired) electrons. The molecular weight excluding hydrogens is 288 g/mol. The molecule has 0 amide bonds. The molecule has 1 N–H and O–H groups in total. The summed E-state index contributed by atoms with van der Waals surface area (Å²) in [6.45, 7) is 0.629. The van der Waals surface area contributed by atoms with Gasteiger partial charge in [0.15, 0.2) is 0 Å². The Morgan fingerprint density at radius 3 is 2.52 bits per heavy atom. The van der Waals surface area contributed by atoms with Crippen LogP contribution >= 0.6 is 11.6 Å². The van der Waals surface area contributed by atoms with Gasteiger partial charge in [-0.15, -0.1) is 0 Å². The summed E-state index contributed by atoms with van der Waals surface area (Å²) in [4.78, 5) is 10.4. The maximum Gasteiger partial charge on any atom is 0.289 e. The van der Waals surface area contributed by atoms with E-state index in [9.17, 15) is 10.1 Å². The van der Waals surface area contributed by atoms with Gasteiger partial charge in [0.05, 0.1) is 4.92 Å². The first-order valence-corrected chi connectivity index (χ1v) is 7.28. The number of nitro benzene ring substituents is 1. The highest BCUT2D eigenvalue weighted by Crippen LogP contribution is 2.39. The first-order chi connectivity index (χ1) is 10.1. The summed E-state index contributed by atoms with van der Waals surface area (Å²) >= 11 is 5.79. The molecule has 0 spiro atoms. The van der Waals surface area contributed by atoms with Crippen molar-refractivity contribution in [1.29, 1.82) is 0 Å². The van der Waals surface area contributed by atoms with Gasteiger partial charge in [0.1, 0.15) is 5.02 Å². The van der Waals surface area contributed by atoms with E-state index in [1.54, 1.807) is 6.07 Å². The van der Waals surface area contributed by atoms with Crippen molar-refractivity contribution in [1.82, 2.24) is 0 Å². The minimum absolute atomic E-state index is 0.0780. The molecule has 3 rings (SSSR count). The summed E-state index contributed by atoms with van der Waals surface area (Å²) < 4.78 is 0. The van der Waals surface area contributed by atoms with Gasteiger partial charge in [-0.2, -0.15) is 0 Å². The number of benzene rings is 2. The van der Waals surface area contributed by atoms with E-state index < -0.39 is 4.92 Å². The van der Waals surface area contributed by atoms with Crippen molar-refractivity contribution in [2.75, 3.05) is 5.32 Å². The third kappa shape index (κ3) is 3.34. The fourth-order valence-electron chi connectivity index (χ4n) is 2.29. The highest BCUT2D eigenvalue weighted by Gasteiger charge is 2.22. The van der Waals surface area contributed by atoms with E-state index >= 15 is 0 Å². The minimum Gasteiger partial charge on any atom is -0.381 e. The number of rotatable bonds is 5. The highest BCUT2D eigenvalue weighted by molar-refractivity contribution is 6.32. The average molecular weight is 303 g/mol. The van der Waals surface area contributed by atoms with E-state index in [2.05, 4.69) is 29.6 Å². The lowest BCUT2D eigenvalue weighted by molar-refractivity contribution is -0.384. The number of hydrogen-bond donors (Lipinski definition) is 1. The Balaban J connectivity index is 1.66. The van der Waals surface area contributed by atoms with Crippen molar-refractivity contribution in [3.05, 3.63) is 68.7 Å². The van der Waals surface area contributed by atoms with Crippen LogP contribution in [0.15, 0.2) is 42.5 Å². The van der Waals surface area contributed by atoms with Crippen LogP contribution in [0.3, 0.4) is 0 Å². The molecule has 1 aliphatic carbocycles. The maximum atomic E-state index is 10.8. The van der Waals surface area contributed by atoms with Crippen molar-refractivity contribution in [3.63, 3.8) is 0 Å². The Morgan fingerprint density at radius 1 is 1.19 bits per heavy atom. The van der Waals surface area contributed by atoms with E-state index in [0.717, 1.165) is 11.5 Å². The molecule has 0 bridgehead atoms. The summed E-state index contributed by atoms with van der Waals surface area (Å²) in [5.41, 5.74) is 3.17. The average Bonchev–Trinajstić information content (AvgIpc) is 3.31. The first kappa shape index (κ1) is 13.9. The van der Waals surface area contributed by atoms with Crippen molar-refractivity contribution in [2.45, 2.75) is 25.3 Å². The molecule has 1 aliphatic rings. The Kier molecular flexibility index (Phi) is 3.80. The van der Waals surface area contributed by atoms with Gasteiger partial charge in [0.2, 0.25) is 0 Å². The molecule has 1 fully saturated rings. The second-order valence-electron chi connectivity index (χ2n) is 5.29. The summed E-state index contributed by atoms with van der Waals surface area (Å²) in [7, 11) is 0. The van der Waals surface area contributed by atoms with Gasteiger partial charge < -0.3 is 5.32 Å². The molecule has 21 heavy (non-hydrogen) atoms. The van der Waals surface area contributed by atoms with E-state index in [1.807, 2.05) is 0 Å². The van der Waals surface area contributed by atoms with Crippen molar-refractivity contribution < 1.29 is 4.92 Å². The van der Waals surface area contributed by atoms with Gasteiger partial charge in [0.25, 0.3) is 5.69 Å². The predicted molar refractivity (Wildman–Crippen MR) is 83.9 cm³/mol. The van der Waals surface area contributed by atoms with Crippen molar-refractivity contribution >= 4 is 23.0 Å². The van der Waals surface area contributed by atoms with E-state index in [-0.39, 0.29) is 10.7 Å². The summed E-state index contributed by atoms with van der Waals surface area (Å²) in [5, 5.41) is 14.2. The first-order valence-electron chi connectivity index (χ1n) is 6.90. The molecule has 0 aliphatic heterocycles. The lowest BCUT2D eigenvalue weighted by Crippen LogP contribution is -2.00. The monoisotopic (exact) mass is 302 g/mol. The Labute approximate surface area is 127 Å². The fourth-order valence-corrected chi connectivity index (χ4v) is 2.48. The minimum atomic E-state index is -0.474. The van der Waals surface area contributed by atoms with Gasteiger partial charge in [0, 0.05) is 18.3 Å². The molecule has 2 aromatic rings. The second kappa shape index (κ2) is 5.74. The van der Waals surface area contributed by atoms with Crippen LogP contribution in [-0.4, -0.2) is 4.92 Å². The normalized spacial score (nSPS) is 14.0. The summed E-state index contributed by atoms with van der Waals surface area (Å²) in [5.74, 6) is 0.755. The molecule has 0 atom stereocenters. The van der Waals surface area contributed by atoms with Gasteiger partial charge in [-0.05, 0) is 42.0 Å². The van der Waals surface area contributed by atoms with E-state index in [4.69, 9.17) is 11.6 Å². The maximum absolute atomic E-state index is 10.8. The van der Waals surface area contributed by atoms with Crippen LogP contribution in [-0.2, 0) is 6.54 Å². The van der Waals surface area contributed by atoms with Gasteiger partial charge in [-0.3, -0.25) is 10.1 Å². The number of halogens is 1. The fraction of sp³-hybridized carbons (Fsp3) is 0.250. The zero-order chi connectivity index (χ0) is 14.8. The van der Waals surface area contributed by atoms with Crippen LogP contribution in [0.4, 0.5) is 11.4 Å². The van der Waals surface area contributed by atoms with Gasteiger partial charge >= 0.3 is 0 Å². The highest BCUT2D eigenvalue weighted by atomic mass is 35.5. The predicted octanol–water partition coefficient (Wildman–Crippen LogP) is 4.74. The number of nitro groups is 1. The van der Waals surface area contributed by atoms with Crippen LogP contribution in [0.1, 0.15) is 29.9 Å². The van der Waals surface area contributed by atoms with Crippen LogP contribution in [0, 0.1) is 10.1 Å². The molecule has 4 nitrogen and oxygen atoms in total. The smallest absolute Gasteiger partial charge is 0.289 e. The quantitative estimate of drug-likeness (QED) is 0.641. The van der Waals surface area contributed by atoms with Crippen LogP contribution in [0.2, 0.25) is 5.02 Å². The van der Waals surface area contributed by atoms with E-state index in [1.165, 1.54) is 30.5 Å². The Bertz CT molecular complexity index is 666. The molecular formula is C16H15ClN2O2. The molecule has 2 aromatic carbocycles. The topological polar surface area (TPSA) is 55.2 Å². The molecule has 5 heteroatoms.